The van der Waals surface area contributed by atoms with Crippen LogP contribution >= 0.6 is 0 Å². The number of hydrogen-bond donors (Lipinski definition) is 3. The van der Waals surface area contributed by atoms with Gasteiger partial charge in [-0.15, -0.1) is 10.2 Å². The van der Waals surface area contributed by atoms with E-state index in [2.05, 4.69) is 36.3 Å². The molecule has 1 aliphatic heterocycles. The molecule has 42 heavy (non-hydrogen) atoms. The number of hydrogen-bond acceptors (Lipinski definition) is 11. The Kier molecular flexibility index (Phi) is 8.47. The number of amides is 3. The van der Waals surface area contributed by atoms with E-state index in [9.17, 15) is 14.4 Å². The lowest BCUT2D eigenvalue weighted by molar-refractivity contribution is -0.134. The number of benzene rings is 1. The Morgan fingerprint density at radius 1 is 1.12 bits per heavy atom. The molecule has 3 N–H and O–H groups in total. The number of carbonyl (C=O) groups is 3. The fourth-order valence-corrected chi connectivity index (χ4v) is 4.36. The van der Waals surface area contributed by atoms with Crippen LogP contribution in [0.3, 0.4) is 0 Å². The molecule has 0 spiro atoms. The second kappa shape index (κ2) is 12.2. The van der Waals surface area contributed by atoms with E-state index in [0.29, 0.717) is 49.0 Å². The second-order valence-corrected chi connectivity index (χ2v) is 11.2. The summed E-state index contributed by atoms with van der Waals surface area (Å²) in [6.45, 7) is 2.04. The van der Waals surface area contributed by atoms with Crippen LogP contribution in [0.15, 0.2) is 28.8 Å². The zero-order valence-corrected chi connectivity index (χ0v) is 24.0. The van der Waals surface area contributed by atoms with E-state index in [-0.39, 0.29) is 47.4 Å². The van der Waals surface area contributed by atoms with E-state index in [0.717, 1.165) is 12.8 Å². The molecular weight excluding hydrogens is 541 g/mol. The number of nitrogens with zero attached hydrogens (tertiary/aromatic N) is 5. The van der Waals surface area contributed by atoms with E-state index in [1.54, 1.807) is 29.2 Å². The van der Waals surface area contributed by atoms with Crippen molar-refractivity contribution in [2.75, 3.05) is 44.0 Å². The van der Waals surface area contributed by atoms with E-state index < -0.39 is 11.1 Å². The van der Waals surface area contributed by atoms with Gasteiger partial charge in [-0.1, -0.05) is 11.2 Å². The minimum atomic E-state index is -0.522. The minimum Gasteiger partial charge on any atom is -0.494 e. The molecule has 0 atom stereocenters. The van der Waals surface area contributed by atoms with Crippen molar-refractivity contribution in [3.63, 3.8) is 0 Å². The number of ether oxygens (including phenoxy) is 2. The highest BCUT2D eigenvalue weighted by Gasteiger charge is 2.30. The number of methoxy groups -OCH3 is 1. The minimum absolute atomic E-state index is 0.0302. The number of rotatable bonds is 10. The summed E-state index contributed by atoms with van der Waals surface area (Å²) in [5, 5.41) is 20.6. The standard InChI is InChI=1S/C25H31B3N8O6/c1-40-21-14(22-31-18(42-35-22)12-19(37)36-7-9-41-10-8-36)3-2-4-15(21)29-16-11-17(30-23(38)13-5-6-13)33-34-20(16)24(39)32-25(26,27)28/h2-4,11,13H,5-10,12,26-28H2,1H3,(H,32,39)(H2,29,30,33,38). The van der Waals surface area contributed by atoms with Crippen LogP contribution in [0.5, 0.6) is 5.75 Å². The number of aromatic nitrogens is 4. The summed E-state index contributed by atoms with van der Waals surface area (Å²) in [7, 11) is 7.06. The second-order valence-electron chi connectivity index (χ2n) is 11.2. The van der Waals surface area contributed by atoms with Crippen LogP contribution in [0.25, 0.3) is 11.4 Å². The number of carbonyl (C=O) groups excluding carboxylic acids is 3. The fraction of sp³-hybridized carbons (Fsp3) is 0.400. The maximum atomic E-state index is 13.1. The maximum absolute atomic E-state index is 13.1. The Morgan fingerprint density at radius 3 is 2.57 bits per heavy atom. The van der Waals surface area contributed by atoms with E-state index >= 15 is 0 Å². The topological polar surface area (TPSA) is 174 Å². The summed E-state index contributed by atoms with van der Waals surface area (Å²) < 4.78 is 16.4. The van der Waals surface area contributed by atoms with Gasteiger partial charge in [-0.05, 0) is 30.2 Å². The van der Waals surface area contributed by atoms with Gasteiger partial charge in [0, 0.05) is 25.1 Å². The van der Waals surface area contributed by atoms with Crippen LogP contribution in [-0.4, -0.2) is 105 Å². The molecule has 3 aromatic rings. The molecule has 0 radical (unpaired) electrons. The molecule has 1 aromatic carbocycles. The lowest BCUT2D eigenvalue weighted by atomic mass is 9.49. The fourth-order valence-electron chi connectivity index (χ4n) is 4.36. The predicted molar refractivity (Wildman–Crippen MR) is 160 cm³/mol. The first kappa shape index (κ1) is 29.1. The molecule has 14 nitrogen and oxygen atoms in total. The lowest BCUT2D eigenvalue weighted by Crippen LogP contribution is -2.50. The highest BCUT2D eigenvalue weighted by atomic mass is 16.5. The van der Waals surface area contributed by atoms with Crippen molar-refractivity contribution < 1.29 is 28.4 Å². The summed E-state index contributed by atoms with van der Waals surface area (Å²) >= 11 is 0. The van der Waals surface area contributed by atoms with Crippen LogP contribution < -0.4 is 20.7 Å². The molecule has 1 saturated carbocycles. The first-order valence-electron chi connectivity index (χ1n) is 13.7. The SMILES string of the molecule is BC(B)(B)NC(=O)c1nnc(NC(=O)C2CC2)cc1Nc1cccc(-c2noc(CC(=O)N3CCOCC3)n2)c1OC. The predicted octanol–water partition coefficient (Wildman–Crippen LogP) is -1.73. The van der Waals surface area contributed by atoms with Gasteiger partial charge in [-0.3, -0.25) is 14.4 Å². The lowest BCUT2D eigenvalue weighted by Gasteiger charge is -2.26. The molecular formula is C25H31B3N8O6. The Balaban J connectivity index is 1.42. The number of morpholine rings is 1. The van der Waals surface area contributed by atoms with Crippen molar-refractivity contribution in [2.24, 2.45) is 5.92 Å². The first-order chi connectivity index (χ1) is 20.1. The van der Waals surface area contributed by atoms with Gasteiger partial charge in [-0.25, -0.2) is 0 Å². The molecule has 2 aliphatic rings. The maximum Gasteiger partial charge on any atom is 0.272 e. The average molecular weight is 572 g/mol. The highest BCUT2D eigenvalue weighted by Crippen LogP contribution is 2.37. The summed E-state index contributed by atoms with van der Waals surface area (Å²) in [6, 6.07) is 6.82. The number of para-hydroxylation sites is 1. The largest absolute Gasteiger partial charge is 0.494 e. The summed E-state index contributed by atoms with van der Waals surface area (Å²) in [5.41, 5.74) is 1.31. The molecule has 3 heterocycles. The van der Waals surface area contributed by atoms with Gasteiger partial charge in [-0.2, -0.15) is 4.98 Å². The highest BCUT2D eigenvalue weighted by molar-refractivity contribution is 6.60. The van der Waals surface area contributed by atoms with Crippen LogP contribution in [-0.2, 0) is 20.7 Å². The van der Waals surface area contributed by atoms with Crippen LogP contribution in [0.1, 0.15) is 29.2 Å². The van der Waals surface area contributed by atoms with Crippen molar-refractivity contribution in [1.29, 1.82) is 0 Å². The summed E-state index contributed by atoms with van der Waals surface area (Å²) in [4.78, 5) is 44.3. The van der Waals surface area contributed by atoms with Gasteiger partial charge in [0.1, 0.15) is 30.0 Å². The molecule has 1 saturated heterocycles. The quantitative estimate of drug-likeness (QED) is 0.236. The third kappa shape index (κ3) is 7.08. The van der Waals surface area contributed by atoms with Crippen molar-refractivity contribution >= 4 is 58.5 Å². The number of anilines is 3. The average Bonchev–Trinajstić information content (AvgIpc) is 3.71. The molecule has 3 amide bonds. The Bertz CT molecular complexity index is 1490. The molecule has 5 rings (SSSR count). The van der Waals surface area contributed by atoms with Crippen molar-refractivity contribution in [2.45, 2.75) is 24.5 Å². The Hall–Kier alpha value is -4.40. The zero-order valence-electron chi connectivity index (χ0n) is 24.0. The first-order valence-corrected chi connectivity index (χ1v) is 13.7. The Labute approximate surface area is 244 Å². The van der Waals surface area contributed by atoms with E-state index in [4.69, 9.17) is 14.0 Å². The summed E-state index contributed by atoms with van der Waals surface area (Å²) in [6.07, 6.45) is 1.64. The molecule has 216 valence electrons. The van der Waals surface area contributed by atoms with Crippen molar-refractivity contribution in [1.82, 2.24) is 30.6 Å². The van der Waals surface area contributed by atoms with Gasteiger partial charge in [0.15, 0.2) is 17.3 Å². The van der Waals surface area contributed by atoms with Crippen molar-refractivity contribution in [3.05, 3.63) is 35.9 Å². The third-order valence-corrected chi connectivity index (χ3v) is 6.56. The van der Waals surface area contributed by atoms with Crippen LogP contribution in [0, 0.1) is 5.92 Å². The van der Waals surface area contributed by atoms with E-state index in [1.807, 2.05) is 23.5 Å². The van der Waals surface area contributed by atoms with Gasteiger partial charge in [0.25, 0.3) is 5.91 Å². The summed E-state index contributed by atoms with van der Waals surface area (Å²) in [5.74, 6) is 0.256. The molecule has 1 aliphatic carbocycles. The Morgan fingerprint density at radius 2 is 1.88 bits per heavy atom. The zero-order chi connectivity index (χ0) is 29.9. The smallest absolute Gasteiger partial charge is 0.272 e. The normalized spacial score (nSPS) is 15.1. The van der Waals surface area contributed by atoms with Gasteiger partial charge in [0.2, 0.25) is 23.5 Å². The van der Waals surface area contributed by atoms with Gasteiger partial charge < -0.3 is 34.8 Å². The molecule has 2 fully saturated rings. The molecule has 0 unspecified atom stereocenters. The molecule has 0 bridgehead atoms. The monoisotopic (exact) mass is 572 g/mol. The third-order valence-electron chi connectivity index (χ3n) is 6.56. The molecule has 2 aromatic heterocycles. The number of nitrogens with one attached hydrogen (secondary N) is 3. The van der Waals surface area contributed by atoms with Gasteiger partial charge in [0.05, 0.1) is 37.3 Å². The van der Waals surface area contributed by atoms with Crippen LogP contribution in [0.2, 0.25) is 0 Å². The van der Waals surface area contributed by atoms with E-state index in [1.165, 1.54) is 7.11 Å². The molecule has 17 heteroatoms. The van der Waals surface area contributed by atoms with Gasteiger partial charge >= 0.3 is 0 Å². The van der Waals surface area contributed by atoms with Crippen LogP contribution in [0.4, 0.5) is 17.2 Å². The van der Waals surface area contributed by atoms with Crippen molar-refractivity contribution in [3.8, 4) is 17.1 Å².